The fourth-order valence-corrected chi connectivity index (χ4v) is 5.79. The van der Waals surface area contributed by atoms with Gasteiger partial charge in [-0.2, -0.15) is 4.31 Å². The van der Waals surface area contributed by atoms with Gasteiger partial charge in [0.05, 0.1) is 4.90 Å². The first-order chi connectivity index (χ1) is 8.98. The van der Waals surface area contributed by atoms with Gasteiger partial charge in [0.2, 0.25) is 10.0 Å². The van der Waals surface area contributed by atoms with E-state index >= 15 is 0 Å². The molecule has 0 amide bonds. The molecule has 2 unspecified atom stereocenters. The van der Waals surface area contributed by atoms with E-state index in [0.29, 0.717) is 4.90 Å². The highest BCUT2D eigenvalue weighted by Gasteiger charge is 2.44. The van der Waals surface area contributed by atoms with Gasteiger partial charge in [-0.25, -0.2) is 8.42 Å². The van der Waals surface area contributed by atoms with E-state index in [1.54, 1.807) is 12.1 Å². The van der Waals surface area contributed by atoms with Crippen molar-refractivity contribution in [2.45, 2.75) is 62.9 Å². The van der Waals surface area contributed by atoms with E-state index in [4.69, 9.17) is 0 Å². The molecule has 2 atom stereocenters. The molecule has 0 spiro atoms. The summed E-state index contributed by atoms with van der Waals surface area (Å²) in [6.45, 7) is 3.91. The fraction of sp³-hybridized carbons (Fsp3) is 0.600. The summed E-state index contributed by atoms with van der Waals surface area (Å²) >= 11 is 0. The Labute approximate surface area is 115 Å². The van der Waals surface area contributed by atoms with Gasteiger partial charge in [-0.3, -0.25) is 0 Å². The van der Waals surface area contributed by atoms with Gasteiger partial charge in [-0.15, -0.1) is 0 Å². The predicted molar refractivity (Wildman–Crippen MR) is 75.6 cm³/mol. The largest absolute Gasteiger partial charge is 0.243 e. The highest BCUT2D eigenvalue weighted by molar-refractivity contribution is 7.89. The minimum Gasteiger partial charge on any atom is -0.207 e. The second-order valence-electron chi connectivity index (χ2n) is 5.97. The number of hydrogen-bond acceptors (Lipinski definition) is 2. The van der Waals surface area contributed by atoms with E-state index in [-0.39, 0.29) is 12.1 Å². The highest BCUT2D eigenvalue weighted by atomic mass is 32.2. The molecule has 104 valence electrons. The summed E-state index contributed by atoms with van der Waals surface area (Å²) < 4.78 is 27.6. The molecule has 3 nitrogen and oxygen atoms in total. The van der Waals surface area contributed by atoms with E-state index in [1.807, 2.05) is 24.2 Å². The molecule has 2 aliphatic heterocycles. The van der Waals surface area contributed by atoms with Crippen molar-refractivity contribution in [3.63, 3.8) is 0 Å². The van der Waals surface area contributed by atoms with Gasteiger partial charge in [-0.1, -0.05) is 12.5 Å². The summed E-state index contributed by atoms with van der Waals surface area (Å²) in [6, 6.07) is 6.10. The molecule has 0 aliphatic carbocycles. The number of sulfonamides is 1. The third-order valence-corrected chi connectivity index (χ3v) is 6.38. The monoisotopic (exact) mass is 279 g/mol. The van der Waals surface area contributed by atoms with Gasteiger partial charge in [-0.05, 0) is 62.8 Å². The smallest absolute Gasteiger partial charge is 0.207 e. The molecular weight excluding hydrogens is 258 g/mol. The Balaban J connectivity index is 2.03. The van der Waals surface area contributed by atoms with Crippen LogP contribution in [0.2, 0.25) is 0 Å². The van der Waals surface area contributed by atoms with Gasteiger partial charge in [0.25, 0.3) is 0 Å². The number of hydrogen-bond donors (Lipinski definition) is 0. The number of rotatable bonds is 2. The molecule has 2 bridgehead atoms. The molecule has 0 radical (unpaired) electrons. The summed E-state index contributed by atoms with van der Waals surface area (Å²) in [6.07, 6.45) is 5.30. The van der Waals surface area contributed by atoms with Crippen molar-refractivity contribution in [3.05, 3.63) is 29.3 Å². The Morgan fingerprint density at radius 3 is 2.00 bits per heavy atom. The van der Waals surface area contributed by atoms with Gasteiger partial charge in [0, 0.05) is 12.1 Å². The second-order valence-corrected chi connectivity index (χ2v) is 7.82. The Morgan fingerprint density at radius 2 is 1.47 bits per heavy atom. The zero-order valence-electron chi connectivity index (χ0n) is 11.6. The van der Waals surface area contributed by atoms with Gasteiger partial charge in [0.1, 0.15) is 0 Å². The summed E-state index contributed by atoms with van der Waals surface area (Å²) in [4.78, 5) is 0.476. The van der Waals surface area contributed by atoms with Crippen molar-refractivity contribution in [3.8, 4) is 0 Å². The average molecular weight is 279 g/mol. The van der Waals surface area contributed by atoms with Gasteiger partial charge < -0.3 is 0 Å². The summed E-state index contributed by atoms with van der Waals surface area (Å²) in [7, 11) is -3.31. The van der Waals surface area contributed by atoms with Crippen LogP contribution in [0.4, 0.5) is 0 Å². The molecule has 4 heteroatoms. The van der Waals surface area contributed by atoms with Crippen molar-refractivity contribution < 1.29 is 8.42 Å². The van der Waals surface area contributed by atoms with Crippen LogP contribution in [0.25, 0.3) is 0 Å². The Bertz CT molecular complexity index is 558. The normalized spacial score (nSPS) is 27.7. The van der Waals surface area contributed by atoms with Gasteiger partial charge in [0.15, 0.2) is 0 Å². The van der Waals surface area contributed by atoms with E-state index in [9.17, 15) is 8.42 Å². The molecule has 2 aliphatic rings. The van der Waals surface area contributed by atoms with Crippen LogP contribution in [0.3, 0.4) is 0 Å². The van der Waals surface area contributed by atoms with Gasteiger partial charge >= 0.3 is 0 Å². The number of benzene rings is 1. The second kappa shape index (κ2) is 4.60. The van der Waals surface area contributed by atoms with Crippen molar-refractivity contribution in [1.82, 2.24) is 4.31 Å². The first kappa shape index (κ1) is 13.1. The van der Waals surface area contributed by atoms with Crippen LogP contribution in [-0.4, -0.2) is 24.8 Å². The minimum atomic E-state index is -3.31. The topological polar surface area (TPSA) is 37.4 Å². The zero-order chi connectivity index (χ0) is 13.6. The fourth-order valence-electron chi connectivity index (χ4n) is 3.67. The summed E-state index contributed by atoms with van der Waals surface area (Å²) in [5.74, 6) is 0. The lowest BCUT2D eigenvalue weighted by Gasteiger charge is -2.33. The number of aryl methyl sites for hydroxylation is 2. The van der Waals surface area contributed by atoms with Crippen LogP contribution < -0.4 is 0 Å². The quantitative estimate of drug-likeness (QED) is 0.834. The molecule has 0 saturated carbocycles. The van der Waals surface area contributed by atoms with E-state index in [0.717, 1.165) is 36.8 Å². The minimum absolute atomic E-state index is 0.240. The molecule has 0 N–H and O–H groups in total. The maximum Gasteiger partial charge on any atom is 0.243 e. The molecule has 2 saturated heterocycles. The van der Waals surface area contributed by atoms with Crippen LogP contribution in [-0.2, 0) is 10.0 Å². The van der Waals surface area contributed by atoms with Crippen LogP contribution in [0.15, 0.2) is 23.1 Å². The molecule has 2 heterocycles. The predicted octanol–water partition coefficient (Wildman–Crippen LogP) is 3.01. The van der Waals surface area contributed by atoms with E-state index in [1.165, 1.54) is 6.42 Å². The van der Waals surface area contributed by atoms with Crippen LogP contribution in [0.5, 0.6) is 0 Å². The molecule has 0 aromatic heterocycles. The first-order valence-electron chi connectivity index (χ1n) is 7.10. The van der Waals surface area contributed by atoms with E-state index < -0.39 is 10.0 Å². The highest BCUT2D eigenvalue weighted by Crippen LogP contribution is 2.39. The molecule has 1 aromatic rings. The molecule has 3 rings (SSSR count). The van der Waals surface area contributed by atoms with Crippen molar-refractivity contribution in [2.24, 2.45) is 0 Å². The van der Waals surface area contributed by atoms with E-state index in [2.05, 4.69) is 0 Å². The molecule has 19 heavy (non-hydrogen) atoms. The third kappa shape index (κ3) is 2.21. The standard InChI is InChI=1S/C15H21NO2S/c1-11-8-12(2)10-15(9-11)19(17,18)16-13-4-3-5-14(16)7-6-13/h8-10,13-14H,3-7H2,1-2H3. The summed E-state index contributed by atoms with van der Waals surface area (Å²) in [5.41, 5.74) is 2.03. The molecular formula is C15H21NO2S. The average Bonchev–Trinajstić information content (AvgIpc) is 2.60. The maximum absolute atomic E-state index is 12.9. The van der Waals surface area contributed by atoms with Crippen molar-refractivity contribution in [1.29, 1.82) is 0 Å². The first-order valence-corrected chi connectivity index (χ1v) is 8.54. The number of fused-ring (bicyclic) bond motifs is 2. The van der Waals surface area contributed by atoms with Crippen LogP contribution in [0, 0.1) is 13.8 Å². The molecule has 1 aromatic carbocycles. The van der Waals surface area contributed by atoms with Crippen LogP contribution >= 0.6 is 0 Å². The zero-order valence-corrected chi connectivity index (χ0v) is 12.4. The lowest BCUT2D eigenvalue weighted by molar-refractivity contribution is 0.248. The maximum atomic E-state index is 12.9. The molecule has 2 fully saturated rings. The number of nitrogens with zero attached hydrogens (tertiary/aromatic N) is 1. The Kier molecular flexibility index (Phi) is 3.18. The van der Waals surface area contributed by atoms with Crippen LogP contribution in [0.1, 0.15) is 43.2 Å². The van der Waals surface area contributed by atoms with Crippen molar-refractivity contribution in [2.75, 3.05) is 0 Å². The Morgan fingerprint density at radius 1 is 0.947 bits per heavy atom. The lowest BCUT2D eigenvalue weighted by atomic mass is 10.1. The third-order valence-electron chi connectivity index (χ3n) is 4.40. The lowest BCUT2D eigenvalue weighted by Crippen LogP contribution is -2.43. The summed E-state index contributed by atoms with van der Waals surface area (Å²) in [5, 5.41) is 0. The van der Waals surface area contributed by atoms with Crippen molar-refractivity contribution >= 4 is 10.0 Å². The number of piperidine rings is 1. The Hall–Kier alpha value is -0.870. The SMILES string of the molecule is Cc1cc(C)cc(S(=O)(=O)N2C3CCCC2CC3)c1.